The van der Waals surface area contributed by atoms with Gasteiger partial charge in [0.2, 0.25) is 5.13 Å². The van der Waals surface area contributed by atoms with Crippen LogP contribution in [0.4, 0.5) is 18.3 Å². The van der Waals surface area contributed by atoms with Gasteiger partial charge in [-0.25, -0.2) is 4.98 Å². The highest BCUT2D eigenvalue weighted by Crippen LogP contribution is 2.49. The van der Waals surface area contributed by atoms with Crippen LogP contribution in [0.3, 0.4) is 0 Å². The third kappa shape index (κ3) is 3.75. The van der Waals surface area contributed by atoms with Gasteiger partial charge in [0.05, 0.1) is 21.7 Å². The number of rotatable bonds is 4. The number of thiazole rings is 1. The Kier molecular flexibility index (Phi) is 5.13. The summed E-state index contributed by atoms with van der Waals surface area (Å²) in [5.41, 5.74) is 1.13. The summed E-state index contributed by atoms with van der Waals surface area (Å²) in [4.78, 5) is 29.6. The second kappa shape index (κ2) is 7.78. The second-order valence-electron chi connectivity index (χ2n) is 8.51. The first kappa shape index (κ1) is 21.8. The molecule has 2 unspecified atom stereocenters. The normalized spacial score (nSPS) is 23.9. The number of alkyl halides is 3. The lowest BCUT2D eigenvalue weighted by Gasteiger charge is -2.27. The van der Waals surface area contributed by atoms with E-state index in [0.717, 1.165) is 29.9 Å². The molecule has 2 aliphatic carbocycles. The van der Waals surface area contributed by atoms with Crippen LogP contribution in [0.2, 0.25) is 0 Å². The maximum atomic E-state index is 13.1. The quantitative estimate of drug-likeness (QED) is 0.299. The second-order valence-corrected chi connectivity index (χ2v) is 9.52. The van der Waals surface area contributed by atoms with E-state index < -0.39 is 29.5 Å². The van der Waals surface area contributed by atoms with Crippen LogP contribution in [0, 0.1) is 23.7 Å². The molecule has 1 aromatic heterocycles. The molecule has 0 radical (unpaired) electrons. The summed E-state index contributed by atoms with van der Waals surface area (Å²) >= 11 is 1.10. The van der Waals surface area contributed by atoms with Gasteiger partial charge in [0.15, 0.2) is 0 Å². The number of amides is 1. The zero-order chi connectivity index (χ0) is 23.5. The molecule has 0 spiro atoms. The van der Waals surface area contributed by atoms with E-state index in [1.54, 1.807) is 18.2 Å². The van der Waals surface area contributed by atoms with E-state index in [2.05, 4.69) is 4.98 Å². The van der Waals surface area contributed by atoms with E-state index in [9.17, 15) is 28.0 Å². The minimum atomic E-state index is -4.40. The first-order valence-electron chi connectivity index (χ1n) is 10.4. The van der Waals surface area contributed by atoms with Crippen LogP contribution in [0.1, 0.15) is 18.9 Å². The highest BCUT2D eigenvalue weighted by molar-refractivity contribution is 7.22. The van der Waals surface area contributed by atoms with Crippen molar-refractivity contribution < 1.29 is 28.0 Å². The van der Waals surface area contributed by atoms with Crippen molar-refractivity contribution in [1.29, 1.82) is 0 Å². The molecule has 33 heavy (non-hydrogen) atoms. The zero-order valence-electron chi connectivity index (χ0n) is 17.4. The number of hydroxylamine groups is 1. The summed E-state index contributed by atoms with van der Waals surface area (Å²) in [6.45, 7) is 1.47. The largest absolute Gasteiger partial charge is 0.416 e. The zero-order valence-corrected chi connectivity index (χ0v) is 18.2. The van der Waals surface area contributed by atoms with Crippen molar-refractivity contribution in [2.75, 3.05) is 5.06 Å². The Labute approximate surface area is 191 Å². The Morgan fingerprint density at radius 3 is 2.30 bits per heavy atom. The number of Topliss-reactive ketones (excluding diaryl/α,β-unsaturated/α-hetero) is 1. The van der Waals surface area contributed by atoms with Gasteiger partial charge in [-0.05, 0) is 60.6 Å². The third-order valence-electron chi connectivity index (χ3n) is 6.53. The molecule has 5 rings (SSSR count). The molecule has 0 saturated heterocycles. The number of ketones is 1. The molecular formula is C24H19F3N2O3S. The molecule has 1 amide bonds. The lowest BCUT2D eigenvalue weighted by molar-refractivity contribution is -0.137. The Balaban J connectivity index is 1.41. The monoisotopic (exact) mass is 472 g/mol. The summed E-state index contributed by atoms with van der Waals surface area (Å²) in [5, 5.41) is 11.3. The molecule has 1 fully saturated rings. The number of benzene rings is 2. The molecule has 0 aliphatic heterocycles. The number of nitrogens with zero attached hydrogens (tertiary/aromatic N) is 2. The molecule has 5 nitrogen and oxygen atoms in total. The molecule has 1 N–H and O–H groups in total. The van der Waals surface area contributed by atoms with Gasteiger partial charge in [0, 0.05) is 5.92 Å². The lowest BCUT2D eigenvalue weighted by Crippen LogP contribution is -2.41. The Morgan fingerprint density at radius 2 is 1.67 bits per heavy atom. The van der Waals surface area contributed by atoms with Gasteiger partial charge in [-0.2, -0.15) is 18.2 Å². The van der Waals surface area contributed by atoms with Crippen LogP contribution < -0.4 is 5.06 Å². The van der Waals surface area contributed by atoms with Crippen molar-refractivity contribution in [1.82, 2.24) is 4.98 Å². The van der Waals surface area contributed by atoms with Crippen LogP contribution in [0.25, 0.3) is 21.3 Å². The van der Waals surface area contributed by atoms with E-state index in [-0.39, 0.29) is 22.8 Å². The Hall–Kier alpha value is -3.04. The molecule has 1 saturated carbocycles. The van der Waals surface area contributed by atoms with Crippen molar-refractivity contribution in [2.45, 2.75) is 19.5 Å². The minimum Gasteiger partial charge on any atom is -0.300 e. The van der Waals surface area contributed by atoms with Crippen molar-refractivity contribution >= 4 is 38.4 Å². The molecular weight excluding hydrogens is 453 g/mol. The number of hydrogen-bond acceptors (Lipinski definition) is 5. The number of carbonyl (C=O) groups excluding carboxylic acids is 2. The number of aromatic nitrogens is 1. The van der Waals surface area contributed by atoms with Gasteiger partial charge >= 0.3 is 6.18 Å². The van der Waals surface area contributed by atoms with Crippen molar-refractivity contribution in [2.24, 2.45) is 23.7 Å². The van der Waals surface area contributed by atoms with Crippen molar-refractivity contribution in [3.63, 3.8) is 0 Å². The first-order chi connectivity index (χ1) is 15.6. The van der Waals surface area contributed by atoms with Gasteiger partial charge in [-0.15, -0.1) is 0 Å². The number of hydrogen-bond donors (Lipinski definition) is 1. The summed E-state index contributed by atoms with van der Waals surface area (Å²) in [5.74, 6) is -1.72. The number of anilines is 1. The average molecular weight is 472 g/mol. The molecule has 9 heteroatoms. The molecule has 1 heterocycles. The number of halogens is 3. The predicted molar refractivity (Wildman–Crippen MR) is 118 cm³/mol. The topological polar surface area (TPSA) is 70.5 Å². The van der Waals surface area contributed by atoms with Crippen LogP contribution in [0.15, 0.2) is 54.6 Å². The maximum absolute atomic E-state index is 13.1. The Bertz CT molecular complexity index is 1280. The van der Waals surface area contributed by atoms with E-state index in [1.807, 2.05) is 12.2 Å². The van der Waals surface area contributed by atoms with Gasteiger partial charge in [-0.3, -0.25) is 14.8 Å². The van der Waals surface area contributed by atoms with E-state index in [4.69, 9.17) is 0 Å². The average Bonchev–Trinajstić information content (AvgIpc) is 3.51. The SMILES string of the molecule is CC(=O)[C@H]1C2C=CC(C2)[C@H]1C(=O)N(O)c1nc2ccc(-c3ccc(C(F)(F)F)cc3)cc2s1. The van der Waals surface area contributed by atoms with Gasteiger partial charge in [0.1, 0.15) is 5.78 Å². The Morgan fingerprint density at radius 1 is 1.03 bits per heavy atom. The van der Waals surface area contributed by atoms with Gasteiger partial charge < -0.3 is 0 Å². The molecule has 170 valence electrons. The van der Waals surface area contributed by atoms with E-state index >= 15 is 0 Å². The standard InChI is InChI=1S/C24H19F3N2O3S/c1-12(30)20-15-2-3-16(10-15)21(20)22(31)29(32)23-28-18-9-6-14(11-19(18)33-23)13-4-7-17(8-5-13)24(25,26)27/h2-9,11,15-16,20-21,32H,10H2,1H3/t15?,16?,20-,21+/m0/s1. The fraction of sp³-hybridized carbons (Fsp3) is 0.292. The number of carbonyl (C=O) groups is 2. The summed E-state index contributed by atoms with van der Waals surface area (Å²) in [6, 6.07) is 10.0. The summed E-state index contributed by atoms with van der Waals surface area (Å²) in [7, 11) is 0. The molecule has 2 aliphatic rings. The smallest absolute Gasteiger partial charge is 0.300 e. The highest BCUT2D eigenvalue weighted by atomic mass is 32.1. The minimum absolute atomic E-state index is 0.0245. The van der Waals surface area contributed by atoms with E-state index in [1.165, 1.54) is 19.1 Å². The number of allylic oxidation sites excluding steroid dienone is 2. The summed E-state index contributed by atoms with van der Waals surface area (Å²) < 4.78 is 39.1. The maximum Gasteiger partial charge on any atom is 0.416 e. The number of fused-ring (bicyclic) bond motifs is 3. The van der Waals surface area contributed by atoms with Crippen molar-refractivity contribution in [3.05, 3.63) is 60.2 Å². The highest BCUT2D eigenvalue weighted by Gasteiger charge is 2.51. The van der Waals surface area contributed by atoms with Gasteiger partial charge in [0.25, 0.3) is 5.91 Å². The predicted octanol–water partition coefficient (Wildman–Crippen LogP) is 5.73. The molecule has 2 bridgehead atoms. The fourth-order valence-electron chi connectivity index (χ4n) is 4.98. The van der Waals surface area contributed by atoms with Gasteiger partial charge in [-0.1, -0.05) is 41.7 Å². The third-order valence-corrected chi connectivity index (χ3v) is 7.52. The molecule has 4 atom stereocenters. The van der Waals surface area contributed by atoms with Crippen molar-refractivity contribution in [3.8, 4) is 11.1 Å². The molecule has 3 aromatic rings. The fourth-order valence-corrected chi connectivity index (χ4v) is 5.90. The van der Waals surface area contributed by atoms with Crippen LogP contribution in [-0.4, -0.2) is 21.9 Å². The first-order valence-corrected chi connectivity index (χ1v) is 11.2. The lowest BCUT2D eigenvalue weighted by atomic mass is 9.80. The van der Waals surface area contributed by atoms with Crippen LogP contribution in [0.5, 0.6) is 0 Å². The summed E-state index contributed by atoms with van der Waals surface area (Å²) in [6.07, 6.45) is 0.241. The van der Waals surface area contributed by atoms with E-state index in [0.29, 0.717) is 26.4 Å². The van der Waals surface area contributed by atoms with Crippen LogP contribution >= 0.6 is 11.3 Å². The van der Waals surface area contributed by atoms with Crippen LogP contribution in [-0.2, 0) is 15.8 Å². The molecule has 2 aromatic carbocycles.